The molecule has 0 spiro atoms. The minimum Gasteiger partial charge on any atom is -0.350 e. The Morgan fingerprint density at radius 1 is 1.21 bits per heavy atom. The van der Waals surface area contributed by atoms with Crippen LogP contribution in [0.1, 0.15) is 28.5 Å². The minimum absolute atomic E-state index is 0.248. The van der Waals surface area contributed by atoms with E-state index in [2.05, 4.69) is 10.3 Å². The molecule has 3 aromatic rings. The van der Waals surface area contributed by atoms with E-state index in [9.17, 15) is 9.59 Å². The fourth-order valence-electron chi connectivity index (χ4n) is 2.52. The molecule has 3 rings (SSSR count). The molecule has 1 amide bonds. The van der Waals surface area contributed by atoms with Gasteiger partial charge in [0.15, 0.2) is 0 Å². The minimum atomic E-state index is -0.317. The van der Waals surface area contributed by atoms with Crippen LogP contribution in [0.4, 0.5) is 5.69 Å². The quantitative estimate of drug-likeness (QED) is 0.711. The number of benzene rings is 2. The van der Waals surface area contributed by atoms with Crippen LogP contribution in [0, 0.1) is 11.3 Å². The number of hydrogen-bond donors (Lipinski definition) is 2. The van der Waals surface area contributed by atoms with E-state index in [1.807, 2.05) is 6.07 Å². The Hall–Kier alpha value is -3.10. The lowest BCUT2D eigenvalue weighted by Gasteiger charge is -2.05. The number of H-pyrrole nitrogens is 1. The van der Waals surface area contributed by atoms with Crippen molar-refractivity contribution in [3.05, 3.63) is 64.3 Å². The van der Waals surface area contributed by atoms with Crippen LogP contribution in [0.5, 0.6) is 0 Å². The van der Waals surface area contributed by atoms with Crippen molar-refractivity contribution >= 4 is 39.9 Å². The van der Waals surface area contributed by atoms with Gasteiger partial charge in [0.2, 0.25) is 11.7 Å². The third kappa shape index (κ3) is 2.87. The van der Waals surface area contributed by atoms with Gasteiger partial charge in [-0.2, -0.15) is 5.26 Å². The first kappa shape index (κ1) is 15.8. The molecule has 0 saturated heterocycles. The van der Waals surface area contributed by atoms with Crippen LogP contribution in [0.25, 0.3) is 10.9 Å². The number of amides is 1. The van der Waals surface area contributed by atoms with E-state index >= 15 is 0 Å². The van der Waals surface area contributed by atoms with Gasteiger partial charge in [-0.15, -0.1) is 0 Å². The van der Waals surface area contributed by atoms with E-state index in [0.717, 1.165) is 0 Å². The summed E-state index contributed by atoms with van der Waals surface area (Å²) in [6.07, 6.45) is 0. The van der Waals surface area contributed by atoms with E-state index in [1.165, 1.54) is 13.0 Å². The number of carbonyl (C=O) groups is 2. The van der Waals surface area contributed by atoms with Crippen LogP contribution >= 0.6 is 11.6 Å². The highest BCUT2D eigenvalue weighted by Crippen LogP contribution is 2.31. The predicted molar refractivity (Wildman–Crippen MR) is 92.2 cm³/mol. The molecular formula is C18H12ClN3O2. The molecule has 0 bridgehead atoms. The summed E-state index contributed by atoms with van der Waals surface area (Å²) >= 11 is 5.99. The van der Waals surface area contributed by atoms with Crippen LogP contribution in [0.15, 0.2) is 42.5 Å². The van der Waals surface area contributed by atoms with Gasteiger partial charge in [0.05, 0.1) is 17.3 Å². The standard InChI is InChI=1S/C18H12ClN3O2/c1-10(23)21-16-14-6-5-13(19)8-15(14)22-17(16)18(24)12-4-2-3-11(7-12)9-20/h2-8,22H,1H3,(H,21,23). The summed E-state index contributed by atoms with van der Waals surface area (Å²) in [5.41, 5.74) is 2.05. The fourth-order valence-corrected chi connectivity index (χ4v) is 2.69. The maximum absolute atomic E-state index is 12.8. The maximum Gasteiger partial charge on any atom is 0.221 e. The number of carbonyl (C=O) groups excluding carboxylic acids is 2. The van der Waals surface area contributed by atoms with Crippen LogP contribution < -0.4 is 5.32 Å². The average Bonchev–Trinajstić information content (AvgIpc) is 2.91. The SMILES string of the molecule is CC(=O)Nc1c(C(=O)c2cccc(C#N)c2)[nH]c2cc(Cl)ccc12. The Bertz CT molecular complexity index is 1010. The van der Waals surface area contributed by atoms with E-state index in [1.54, 1.807) is 36.4 Å². The summed E-state index contributed by atoms with van der Waals surface area (Å²) in [4.78, 5) is 27.4. The van der Waals surface area contributed by atoms with Gasteiger partial charge >= 0.3 is 0 Å². The van der Waals surface area contributed by atoms with E-state index in [4.69, 9.17) is 16.9 Å². The zero-order valence-electron chi connectivity index (χ0n) is 12.7. The summed E-state index contributed by atoms with van der Waals surface area (Å²) in [6, 6.07) is 13.5. The van der Waals surface area contributed by atoms with Crippen molar-refractivity contribution in [2.24, 2.45) is 0 Å². The van der Waals surface area contributed by atoms with Crippen LogP contribution in [-0.2, 0) is 4.79 Å². The van der Waals surface area contributed by atoms with Gasteiger partial charge in [0.25, 0.3) is 0 Å². The topological polar surface area (TPSA) is 85.8 Å². The summed E-state index contributed by atoms with van der Waals surface area (Å²) in [7, 11) is 0. The molecule has 0 radical (unpaired) electrons. The number of nitrogens with one attached hydrogen (secondary N) is 2. The second-order valence-electron chi connectivity index (χ2n) is 5.27. The first-order valence-electron chi connectivity index (χ1n) is 7.13. The number of aromatic amines is 1. The molecule has 24 heavy (non-hydrogen) atoms. The number of ketones is 1. The third-order valence-electron chi connectivity index (χ3n) is 3.54. The molecule has 0 aliphatic heterocycles. The maximum atomic E-state index is 12.8. The Morgan fingerprint density at radius 3 is 2.71 bits per heavy atom. The van der Waals surface area contributed by atoms with Gasteiger partial charge < -0.3 is 10.3 Å². The number of hydrogen-bond acceptors (Lipinski definition) is 3. The molecule has 6 heteroatoms. The Labute approximate surface area is 142 Å². The number of fused-ring (bicyclic) bond motifs is 1. The second-order valence-corrected chi connectivity index (χ2v) is 5.70. The van der Waals surface area contributed by atoms with Crippen molar-refractivity contribution in [3.63, 3.8) is 0 Å². The first-order chi connectivity index (χ1) is 11.5. The average molecular weight is 338 g/mol. The summed E-state index contributed by atoms with van der Waals surface area (Å²) in [6.45, 7) is 1.37. The van der Waals surface area contributed by atoms with Gasteiger partial charge in [-0.3, -0.25) is 9.59 Å². The first-order valence-corrected chi connectivity index (χ1v) is 7.51. The van der Waals surface area contributed by atoms with E-state index in [-0.39, 0.29) is 17.4 Å². The molecular weight excluding hydrogens is 326 g/mol. The number of nitriles is 1. The van der Waals surface area contributed by atoms with Crippen molar-refractivity contribution in [1.82, 2.24) is 4.98 Å². The van der Waals surface area contributed by atoms with Gasteiger partial charge in [0.1, 0.15) is 5.69 Å². The van der Waals surface area contributed by atoms with Crippen molar-refractivity contribution in [2.45, 2.75) is 6.92 Å². The van der Waals surface area contributed by atoms with Gasteiger partial charge in [-0.25, -0.2) is 0 Å². The number of anilines is 1. The molecule has 0 unspecified atom stereocenters. The lowest BCUT2D eigenvalue weighted by atomic mass is 10.0. The number of nitrogens with zero attached hydrogens (tertiary/aromatic N) is 1. The molecule has 1 heterocycles. The van der Waals surface area contributed by atoms with Crippen molar-refractivity contribution < 1.29 is 9.59 Å². The Balaban J connectivity index is 2.18. The van der Waals surface area contributed by atoms with Gasteiger partial charge in [0, 0.05) is 28.4 Å². The molecule has 0 fully saturated rings. The second kappa shape index (κ2) is 6.19. The van der Waals surface area contributed by atoms with E-state index < -0.39 is 0 Å². The molecule has 0 aliphatic rings. The smallest absolute Gasteiger partial charge is 0.221 e. The van der Waals surface area contributed by atoms with Gasteiger partial charge in [-0.05, 0) is 30.3 Å². The molecule has 1 aromatic heterocycles. The van der Waals surface area contributed by atoms with Crippen LogP contribution in [0.2, 0.25) is 5.02 Å². The fraction of sp³-hybridized carbons (Fsp3) is 0.0556. The molecule has 118 valence electrons. The van der Waals surface area contributed by atoms with Crippen molar-refractivity contribution in [3.8, 4) is 6.07 Å². The van der Waals surface area contributed by atoms with Gasteiger partial charge in [-0.1, -0.05) is 23.7 Å². The van der Waals surface area contributed by atoms with Crippen molar-refractivity contribution in [1.29, 1.82) is 5.26 Å². The highest BCUT2D eigenvalue weighted by Gasteiger charge is 2.20. The molecule has 0 saturated carbocycles. The van der Waals surface area contributed by atoms with Crippen LogP contribution in [-0.4, -0.2) is 16.7 Å². The number of aromatic nitrogens is 1. The monoisotopic (exact) mass is 337 g/mol. The number of rotatable bonds is 3. The normalized spacial score (nSPS) is 10.4. The summed E-state index contributed by atoms with van der Waals surface area (Å²) < 4.78 is 0. The lowest BCUT2D eigenvalue weighted by molar-refractivity contribution is -0.114. The molecule has 0 atom stereocenters. The molecule has 5 nitrogen and oxygen atoms in total. The van der Waals surface area contributed by atoms with Crippen molar-refractivity contribution in [2.75, 3.05) is 5.32 Å². The summed E-state index contributed by atoms with van der Waals surface area (Å²) in [5.74, 6) is -0.603. The zero-order chi connectivity index (χ0) is 17.3. The Kier molecular flexibility index (Phi) is 4.07. The predicted octanol–water partition coefficient (Wildman–Crippen LogP) is 3.88. The van der Waals surface area contributed by atoms with Crippen LogP contribution in [0.3, 0.4) is 0 Å². The molecule has 2 N–H and O–H groups in total. The molecule has 2 aromatic carbocycles. The number of halogens is 1. The highest BCUT2D eigenvalue weighted by atomic mass is 35.5. The molecule has 0 aliphatic carbocycles. The van der Waals surface area contributed by atoms with E-state index in [0.29, 0.717) is 32.7 Å². The third-order valence-corrected chi connectivity index (χ3v) is 3.78. The summed E-state index contributed by atoms with van der Waals surface area (Å²) in [5, 5.41) is 12.9. The largest absolute Gasteiger partial charge is 0.350 e. The highest BCUT2D eigenvalue weighted by molar-refractivity contribution is 6.31. The lowest BCUT2D eigenvalue weighted by Crippen LogP contribution is -2.11. The Morgan fingerprint density at radius 2 is 2.00 bits per heavy atom. The zero-order valence-corrected chi connectivity index (χ0v) is 13.4.